The Bertz CT molecular complexity index is 1450. The minimum atomic E-state index is -1.33. The highest BCUT2D eigenvalue weighted by molar-refractivity contribution is 7.08. The van der Waals surface area contributed by atoms with E-state index in [0.29, 0.717) is 41.1 Å². The minimum Gasteiger partial charge on any atom is -0.477 e. The van der Waals surface area contributed by atoms with Crippen LogP contribution in [0.4, 0.5) is 5.82 Å². The maximum atomic E-state index is 12.9. The summed E-state index contributed by atoms with van der Waals surface area (Å²) in [6.45, 7) is 4.49. The van der Waals surface area contributed by atoms with Crippen molar-refractivity contribution < 1.29 is 19.1 Å². The van der Waals surface area contributed by atoms with E-state index in [1.807, 2.05) is 4.90 Å². The molecular weight excluding hydrogens is 448 g/mol. The lowest BCUT2D eigenvalue weighted by molar-refractivity contribution is -0.123. The minimum absolute atomic E-state index is 0.0440. The van der Waals surface area contributed by atoms with E-state index in [-0.39, 0.29) is 29.1 Å². The second-order valence-corrected chi connectivity index (χ2v) is 8.65. The van der Waals surface area contributed by atoms with Crippen molar-refractivity contribution in [3.63, 3.8) is 0 Å². The van der Waals surface area contributed by atoms with E-state index in [0.717, 1.165) is 17.2 Å². The molecule has 5 rings (SSSR count). The van der Waals surface area contributed by atoms with Crippen molar-refractivity contribution in [1.82, 2.24) is 23.9 Å². The zero-order valence-corrected chi connectivity index (χ0v) is 18.5. The number of carboxylic acid groups (broad SMARTS) is 1. The van der Waals surface area contributed by atoms with Crippen molar-refractivity contribution in [3.05, 3.63) is 57.8 Å². The van der Waals surface area contributed by atoms with Gasteiger partial charge in [-0.3, -0.25) is 14.2 Å². The predicted molar refractivity (Wildman–Crippen MR) is 118 cm³/mol. The number of Topliss-reactive ketones (excluding diaryl/α,β-unsaturated/α-hetero) is 1. The Morgan fingerprint density at radius 3 is 2.70 bits per heavy atom. The van der Waals surface area contributed by atoms with E-state index in [9.17, 15) is 19.5 Å². The Kier molecular flexibility index (Phi) is 5.01. The average Bonchev–Trinajstić information content (AvgIpc) is 3.38. The van der Waals surface area contributed by atoms with Crippen LogP contribution in [-0.2, 0) is 11.2 Å². The number of anilines is 1. The van der Waals surface area contributed by atoms with Gasteiger partial charge in [0.05, 0.1) is 23.4 Å². The summed E-state index contributed by atoms with van der Waals surface area (Å²) >= 11 is 1.06. The Hall–Kier alpha value is -3.93. The number of aryl methyl sites for hydroxylation is 2. The van der Waals surface area contributed by atoms with Gasteiger partial charge >= 0.3 is 5.97 Å². The van der Waals surface area contributed by atoms with Gasteiger partial charge in [-0.1, -0.05) is 0 Å². The van der Waals surface area contributed by atoms with E-state index in [2.05, 4.69) is 19.3 Å². The third kappa shape index (κ3) is 3.67. The quantitative estimate of drug-likeness (QED) is 0.446. The van der Waals surface area contributed by atoms with Crippen molar-refractivity contribution in [2.75, 3.05) is 18.0 Å². The van der Waals surface area contributed by atoms with Crippen LogP contribution in [-0.4, -0.2) is 53.8 Å². The van der Waals surface area contributed by atoms with E-state index in [4.69, 9.17) is 4.42 Å². The lowest BCUT2D eigenvalue weighted by atomic mass is 9.93. The average molecular weight is 466 g/mol. The lowest BCUT2D eigenvalue weighted by Gasteiger charge is -2.39. The molecule has 0 unspecified atom stereocenters. The number of oxazole rings is 1. The van der Waals surface area contributed by atoms with Crippen LogP contribution in [0.1, 0.15) is 27.5 Å². The van der Waals surface area contributed by atoms with Crippen molar-refractivity contribution in [2.24, 2.45) is 5.92 Å². The maximum absolute atomic E-state index is 12.9. The first-order valence-corrected chi connectivity index (χ1v) is 10.8. The highest BCUT2D eigenvalue weighted by atomic mass is 32.1. The SMILES string of the molecule is Cc1coc(CC(=O)C2CN(c3cc(C)c4c(=O)c(C(=O)O)cn(-c5ncns5)c4n3)C2)n1. The number of nitrogens with zero attached hydrogens (tertiary/aromatic N) is 6. The summed E-state index contributed by atoms with van der Waals surface area (Å²) in [5.74, 6) is -0.450. The molecule has 33 heavy (non-hydrogen) atoms. The number of hydrogen-bond donors (Lipinski definition) is 1. The molecule has 0 radical (unpaired) electrons. The van der Waals surface area contributed by atoms with Gasteiger partial charge in [-0.15, -0.1) is 0 Å². The second-order valence-electron chi connectivity index (χ2n) is 7.89. The van der Waals surface area contributed by atoms with E-state index in [1.165, 1.54) is 23.4 Å². The Labute approximate surface area is 190 Å². The van der Waals surface area contributed by atoms with Crippen LogP contribution >= 0.6 is 11.5 Å². The summed E-state index contributed by atoms with van der Waals surface area (Å²) in [7, 11) is 0. The van der Waals surface area contributed by atoms with Gasteiger partial charge in [0.1, 0.15) is 29.8 Å². The number of aromatic nitrogens is 5. The summed E-state index contributed by atoms with van der Waals surface area (Å²) < 4.78 is 10.7. The molecule has 0 amide bonds. The zero-order chi connectivity index (χ0) is 23.3. The van der Waals surface area contributed by atoms with Gasteiger partial charge in [-0.05, 0) is 25.5 Å². The van der Waals surface area contributed by atoms with Gasteiger partial charge in [-0.25, -0.2) is 19.7 Å². The smallest absolute Gasteiger partial charge is 0.341 e. The largest absolute Gasteiger partial charge is 0.477 e. The summed E-state index contributed by atoms with van der Waals surface area (Å²) in [5, 5.41) is 10.1. The summed E-state index contributed by atoms with van der Waals surface area (Å²) in [5.41, 5.74) is 0.643. The van der Waals surface area contributed by atoms with Crippen molar-refractivity contribution in [3.8, 4) is 5.13 Å². The first-order chi connectivity index (χ1) is 15.8. The molecule has 0 bridgehead atoms. The Morgan fingerprint density at radius 2 is 2.06 bits per heavy atom. The highest BCUT2D eigenvalue weighted by Crippen LogP contribution is 2.29. The molecule has 5 heterocycles. The normalized spacial score (nSPS) is 13.9. The Morgan fingerprint density at radius 1 is 1.27 bits per heavy atom. The number of ketones is 1. The van der Waals surface area contributed by atoms with Gasteiger partial charge < -0.3 is 14.4 Å². The first-order valence-electron chi connectivity index (χ1n) is 10.1. The van der Waals surface area contributed by atoms with Gasteiger partial charge in [0.25, 0.3) is 0 Å². The standard InChI is InChI=1S/C21H18N6O5S/c1-10-3-15(26-5-12(6-26)14(28)4-16-24-11(2)8-32-16)25-19-17(10)18(29)13(20(30)31)7-27(19)21-22-9-23-33-21/h3,7-9,12H,4-6H2,1-2H3,(H,30,31). The molecule has 0 atom stereocenters. The number of carbonyl (C=O) groups is 2. The van der Waals surface area contributed by atoms with Gasteiger partial charge in [0.15, 0.2) is 5.65 Å². The molecule has 168 valence electrons. The monoisotopic (exact) mass is 466 g/mol. The first kappa shape index (κ1) is 20.9. The number of carbonyl (C=O) groups excluding carboxylic acids is 1. The topological polar surface area (TPSA) is 144 Å². The number of hydrogen-bond acceptors (Lipinski definition) is 10. The fraction of sp³-hybridized carbons (Fsp3) is 0.286. The molecular formula is C21H18N6O5S. The number of carboxylic acids is 1. The molecule has 0 spiro atoms. The van der Waals surface area contributed by atoms with Crippen LogP contribution in [0.15, 0.2) is 34.1 Å². The van der Waals surface area contributed by atoms with Crippen LogP contribution in [0.2, 0.25) is 0 Å². The predicted octanol–water partition coefficient (Wildman–Crippen LogP) is 1.79. The van der Waals surface area contributed by atoms with Crippen LogP contribution in [0.3, 0.4) is 0 Å². The number of aromatic carboxylic acids is 1. The zero-order valence-electron chi connectivity index (χ0n) is 17.7. The second kappa shape index (κ2) is 7.89. The molecule has 0 aromatic carbocycles. The number of pyridine rings is 2. The molecule has 0 aliphatic carbocycles. The number of rotatable bonds is 6. The van der Waals surface area contributed by atoms with Crippen molar-refractivity contribution >= 4 is 40.1 Å². The fourth-order valence-electron chi connectivity index (χ4n) is 3.86. The van der Waals surface area contributed by atoms with Crippen molar-refractivity contribution in [1.29, 1.82) is 0 Å². The van der Waals surface area contributed by atoms with Crippen LogP contribution < -0.4 is 10.3 Å². The molecule has 4 aromatic rings. The fourth-order valence-corrected chi connectivity index (χ4v) is 4.37. The highest BCUT2D eigenvalue weighted by Gasteiger charge is 2.34. The molecule has 1 fully saturated rings. The summed E-state index contributed by atoms with van der Waals surface area (Å²) in [4.78, 5) is 52.0. The molecule has 12 heteroatoms. The lowest BCUT2D eigenvalue weighted by Crippen LogP contribution is -2.51. The number of fused-ring (bicyclic) bond motifs is 1. The third-order valence-corrected chi connectivity index (χ3v) is 6.25. The molecule has 1 N–H and O–H groups in total. The van der Waals surface area contributed by atoms with Gasteiger partial charge in [-0.2, -0.15) is 4.37 Å². The maximum Gasteiger partial charge on any atom is 0.341 e. The van der Waals surface area contributed by atoms with E-state index in [1.54, 1.807) is 19.9 Å². The van der Waals surface area contributed by atoms with Crippen LogP contribution in [0.5, 0.6) is 0 Å². The van der Waals surface area contributed by atoms with Gasteiger partial charge in [0, 0.05) is 30.8 Å². The van der Waals surface area contributed by atoms with Crippen LogP contribution in [0, 0.1) is 19.8 Å². The van der Waals surface area contributed by atoms with Crippen LogP contribution in [0.25, 0.3) is 16.2 Å². The molecule has 4 aromatic heterocycles. The molecule has 1 aliphatic heterocycles. The molecule has 1 saturated heterocycles. The summed E-state index contributed by atoms with van der Waals surface area (Å²) in [6, 6.07) is 1.73. The molecule has 0 saturated carbocycles. The van der Waals surface area contributed by atoms with Gasteiger partial charge in [0.2, 0.25) is 16.5 Å². The third-order valence-electron chi connectivity index (χ3n) is 5.58. The van der Waals surface area contributed by atoms with Crippen molar-refractivity contribution in [2.45, 2.75) is 20.3 Å². The summed E-state index contributed by atoms with van der Waals surface area (Å²) in [6.07, 6.45) is 4.24. The van der Waals surface area contributed by atoms with E-state index < -0.39 is 11.4 Å². The molecule has 11 nitrogen and oxygen atoms in total. The van der Waals surface area contributed by atoms with E-state index >= 15 is 0 Å². The Balaban J connectivity index is 1.48. The molecule has 1 aliphatic rings.